The van der Waals surface area contributed by atoms with Crippen LogP contribution in [-0.2, 0) is 6.54 Å². The zero-order valence-electron chi connectivity index (χ0n) is 11.8. The van der Waals surface area contributed by atoms with Gasteiger partial charge in [0.2, 0.25) is 11.7 Å². The maximum absolute atomic E-state index is 5.36. The summed E-state index contributed by atoms with van der Waals surface area (Å²) < 4.78 is 6.37. The fourth-order valence-corrected chi connectivity index (χ4v) is 2.81. The zero-order valence-corrected chi connectivity index (χ0v) is 14.2. The highest BCUT2D eigenvalue weighted by Crippen LogP contribution is 2.20. The van der Waals surface area contributed by atoms with Gasteiger partial charge in [0.15, 0.2) is 0 Å². The summed E-state index contributed by atoms with van der Waals surface area (Å²) >= 11 is 3.45. The van der Waals surface area contributed by atoms with E-state index in [9.17, 15) is 0 Å². The van der Waals surface area contributed by atoms with Crippen LogP contribution in [0.3, 0.4) is 0 Å². The number of nitrogens with zero attached hydrogens (tertiary/aromatic N) is 3. The number of hydrogen-bond acceptors (Lipinski definition) is 5. The first-order chi connectivity index (χ1) is 9.70. The van der Waals surface area contributed by atoms with Crippen LogP contribution in [0.15, 0.2) is 33.3 Å². The predicted octanol–water partition coefficient (Wildman–Crippen LogP) is 2.71. The largest absolute Gasteiger partial charge is 0.338 e. The molecule has 1 aromatic heterocycles. The minimum absolute atomic E-state index is 0. The van der Waals surface area contributed by atoms with Crippen molar-refractivity contribution in [3.8, 4) is 11.4 Å². The first-order valence-electron chi connectivity index (χ1n) is 6.75. The van der Waals surface area contributed by atoms with Crippen LogP contribution in [0.2, 0.25) is 0 Å². The molecule has 0 bridgehead atoms. The van der Waals surface area contributed by atoms with Crippen molar-refractivity contribution in [2.24, 2.45) is 0 Å². The van der Waals surface area contributed by atoms with Gasteiger partial charge >= 0.3 is 0 Å². The Kier molecular flexibility index (Phi) is 5.75. The van der Waals surface area contributed by atoms with Crippen LogP contribution in [0.4, 0.5) is 0 Å². The Morgan fingerprint density at radius 1 is 1.48 bits per heavy atom. The molecule has 1 unspecified atom stereocenters. The number of piperazine rings is 1. The van der Waals surface area contributed by atoms with E-state index in [4.69, 9.17) is 4.52 Å². The Morgan fingerprint density at radius 2 is 2.33 bits per heavy atom. The van der Waals surface area contributed by atoms with Crippen molar-refractivity contribution in [1.82, 2.24) is 20.4 Å². The topological polar surface area (TPSA) is 54.2 Å². The molecule has 1 aliphatic heterocycles. The van der Waals surface area contributed by atoms with Gasteiger partial charge in [-0.2, -0.15) is 4.98 Å². The summed E-state index contributed by atoms with van der Waals surface area (Å²) in [6, 6.07) is 8.42. The number of rotatable bonds is 3. The molecule has 7 heteroatoms. The second-order valence-corrected chi connectivity index (χ2v) is 6.03. The number of aromatic nitrogens is 2. The first kappa shape index (κ1) is 16.4. The molecule has 1 N–H and O–H groups in total. The maximum Gasteiger partial charge on any atom is 0.241 e. The van der Waals surface area contributed by atoms with Crippen molar-refractivity contribution in [3.05, 3.63) is 34.6 Å². The number of benzene rings is 1. The minimum Gasteiger partial charge on any atom is -0.338 e. The highest BCUT2D eigenvalue weighted by atomic mass is 79.9. The van der Waals surface area contributed by atoms with E-state index in [0.29, 0.717) is 24.3 Å². The Bertz CT molecular complexity index is 592. The quantitative estimate of drug-likeness (QED) is 0.896. The second kappa shape index (κ2) is 7.35. The lowest BCUT2D eigenvalue weighted by molar-refractivity contribution is 0.177. The van der Waals surface area contributed by atoms with Gasteiger partial charge in [0, 0.05) is 35.7 Å². The van der Waals surface area contributed by atoms with Crippen molar-refractivity contribution in [3.63, 3.8) is 0 Å². The third-order valence-electron chi connectivity index (χ3n) is 3.36. The van der Waals surface area contributed by atoms with Crippen molar-refractivity contribution in [2.75, 3.05) is 19.6 Å². The minimum atomic E-state index is 0. The van der Waals surface area contributed by atoms with Gasteiger partial charge < -0.3 is 9.84 Å². The normalized spacial score (nSPS) is 19.2. The van der Waals surface area contributed by atoms with E-state index >= 15 is 0 Å². The summed E-state index contributed by atoms with van der Waals surface area (Å²) in [4.78, 5) is 6.81. The fraction of sp³-hybridized carbons (Fsp3) is 0.429. The van der Waals surface area contributed by atoms with Gasteiger partial charge in [-0.05, 0) is 19.1 Å². The summed E-state index contributed by atoms with van der Waals surface area (Å²) in [5.74, 6) is 1.32. The monoisotopic (exact) mass is 372 g/mol. The molecule has 1 aromatic carbocycles. The Balaban J connectivity index is 0.00000161. The van der Waals surface area contributed by atoms with Crippen molar-refractivity contribution in [1.29, 1.82) is 0 Å². The zero-order chi connectivity index (χ0) is 13.9. The maximum atomic E-state index is 5.36. The van der Waals surface area contributed by atoms with Gasteiger partial charge in [0.1, 0.15) is 0 Å². The molecular formula is C14H18BrClN4O. The van der Waals surface area contributed by atoms with Crippen molar-refractivity contribution < 1.29 is 4.52 Å². The van der Waals surface area contributed by atoms with Gasteiger partial charge in [0.05, 0.1) is 6.54 Å². The first-order valence-corrected chi connectivity index (χ1v) is 7.54. The SMILES string of the molecule is CC1CN(Cc2nc(-c3cccc(Br)c3)no2)CCN1.Cl. The fourth-order valence-electron chi connectivity index (χ4n) is 2.41. The Hall–Kier alpha value is -0.950. The van der Waals surface area contributed by atoms with Gasteiger partial charge in [-0.25, -0.2) is 0 Å². The highest BCUT2D eigenvalue weighted by molar-refractivity contribution is 9.10. The van der Waals surface area contributed by atoms with Gasteiger partial charge in [-0.3, -0.25) is 4.90 Å². The molecule has 1 atom stereocenters. The predicted molar refractivity (Wildman–Crippen MR) is 87.4 cm³/mol. The lowest BCUT2D eigenvalue weighted by Gasteiger charge is -2.30. The van der Waals surface area contributed by atoms with Crippen LogP contribution in [0.5, 0.6) is 0 Å². The molecule has 1 fully saturated rings. The van der Waals surface area contributed by atoms with E-state index in [-0.39, 0.29) is 12.4 Å². The van der Waals surface area contributed by atoms with E-state index in [2.05, 4.69) is 43.2 Å². The number of nitrogens with one attached hydrogen (secondary N) is 1. The molecule has 1 saturated heterocycles. The van der Waals surface area contributed by atoms with E-state index in [1.165, 1.54) is 0 Å². The van der Waals surface area contributed by atoms with Gasteiger partial charge in [0.25, 0.3) is 0 Å². The van der Waals surface area contributed by atoms with E-state index in [1.54, 1.807) is 0 Å². The van der Waals surface area contributed by atoms with Crippen LogP contribution in [0, 0.1) is 0 Å². The Labute approximate surface area is 138 Å². The molecule has 0 saturated carbocycles. The van der Waals surface area contributed by atoms with Crippen molar-refractivity contribution in [2.45, 2.75) is 19.5 Å². The van der Waals surface area contributed by atoms with Crippen LogP contribution < -0.4 is 5.32 Å². The smallest absolute Gasteiger partial charge is 0.241 e. The summed E-state index contributed by atoms with van der Waals surface area (Å²) in [6.07, 6.45) is 0. The van der Waals surface area contributed by atoms with Crippen LogP contribution in [0.1, 0.15) is 12.8 Å². The molecular weight excluding hydrogens is 356 g/mol. The van der Waals surface area contributed by atoms with Crippen molar-refractivity contribution >= 4 is 28.3 Å². The van der Waals surface area contributed by atoms with Crippen LogP contribution in [0.25, 0.3) is 11.4 Å². The molecule has 114 valence electrons. The lowest BCUT2D eigenvalue weighted by atomic mass is 10.2. The number of halogens is 2. The molecule has 0 amide bonds. The summed E-state index contributed by atoms with van der Waals surface area (Å²) in [7, 11) is 0. The third-order valence-corrected chi connectivity index (χ3v) is 3.86. The summed E-state index contributed by atoms with van der Waals surface area (Å²) in [6.45, 7) is 5.93. The van der Waals surface area contributed by atoms with Gasteiger partial charge in [-0.15, -0.1) is 12.4 Å². The molecule has 3 rings (SSSR count). The summed E-state index contributed by atoms with van der Waals surface area (Å²) in [5.41, 5.74) is 0.961. The Morgan fingerprint density at radius 3 is 3.10 bits per heavy atom. The molecule has 0 aliphatic carbocycles. The second-order valence-electron chi connectivity index (χ2n) is 5.11. The molecule has 2 heterocycles. The van der Waals surface area contributed by atoms with Gasteiger partial charge in [-0.1, -0.05) is 33.2 Å². The van der Waals surface area contributed by atoms with E-state index in [1.807, 2.05) is 24.3 Å². The van der Waals surface area contributed by atoms with E-state index < -0.39 is 0 Å². The molecule has 5 nitrogen and oxygen atoms in total. The average molecular weight is 374 g/mol. The molecule has 2 aromatic rings. The summed E-state index contributed by atoms with van der Waals surface area (Å²) in [5, 5.41) is 7.48. The van der Waals surface area contributed by atoms with E-state index in [0.717, 1.165) is 29.7 Å². The third kappa shape index (κ3) is 4.26. The number of hydrogen-bond donors (Lipinski definition) is 1. The van der Waals surface area contributed by atoms with Crippen LogP contribution >= 0.6 is 28.3 Å². The lowest BCUT2D eigenvalue weighted by Crippen LogP contribution is -2.48. The van der Waals surface area contributed by atoms with Crippen LogP contribution in [-0.4, -0.2) is 40.7 Å². The highest BCUT2D eigenvalue weighted by Gasteiger charge is 2.18. The standard InChI is InChI=1S/C14H17BrN4O.ClH/c1-10-8-19(6-5-16-10)9-13-17-14(18-20-13)11-3-2-4-12(15)7-11;/h2-4,7,10,16H,5-6,8-9H2,1H3;1H. The molecule has 0 radical (unpaired) electrons. The average Bonchev–Trinajstić information content (AvgIpc) is 2.87. The molecule has 0 spiro atoms. The molecule has 21 heavy (non-hydrogen) atoms. The molecule has 1 aliphatic rings.